The number of halogens is 1. The average molecular weight is 484 g/mol. The molecular weight excluding hydrogens is 458 g/mol. The van der Waals surface area contributed by atoms with Crippen molar-refractivity contribution in [3.05, 3.63) is 59.4 Å². The molecule has 4 rings (SSSR count). The van der Waals surface area contributed by atoms with Gasteiger partial charge in [0.25, 0.3) is 5.91 Å². The summed E-state index contributed by atoms with van der Waals surface area (Å²) in [6.45, 7) is 2.89. The Morgan fingerprint density at radius 2 is 2.06 bits per heavy atom. The number of ether oxygens (including phenoxy) is 2. The third-order valence-corrected chi connectivity index (χ3v) is 5.99. The second-order valence-electron chi connectivity index (χ2n) is 8.09. The summed E-state index contributed by atoms with van der Waals surface area (Å²) in [4.78, 5) is 38.0. The van der Waals surface area contributed by atoms with E-state index in [1.165, 1.54) is 18.3 Å². The Kier molecular flexibility index (Phi) is 7.14. The van der Waals surface area contributed by atoms with Crippen LogP contribution in [0.15, 0.2) is 48.8 Å². The van der Waals surface area contributed by atoms with Gasteiger partial charge in [-0.25, -0.2) is 9.97 Å². The number of hydrogen-bond acceptors (Lipinski definition) is 7. The number of benzene rings is 2. The van der Waals surface area contributed by atoms with Gasteiger partial charge in [-0.1, -0.05) is 23.7 Å². The van der Waals surface area contributed by atoms with E-state index in [4.69, 9.17) is 26.8 Å². The van der Waals surface area contributed by atoms with E-state index in [0.29, 0.717) is 41.7 Å². The average Bonchev–Trinajstić information content (AvgIpc) is 2.81. The van der Waals surface area contributed by atoms with Crippen molar-refractivity contribution in [2.75, 3.05) is 32.5 Å². The highest BCUT2D eigenvalue weighted by Gasteiger charge is 2.39. The van der Waals surface area contributed by atoms with E-state index in [9.17, 15) is 9.59 Å². The molecule has 0 aliphatic carbocycles. The zero-order valence-corrected chi connectivity index (χ0v) is 19.7. The lowest BCUT2D eigenvalue weighted by Crippen LogP contribution is -2.61. The zero-order chi connectivity index (χ0) is 24.2. The van der Waals surface area contributed by atoms with Crippen molar-refractivity contribution in [1.29, 1.82) is 0 Å². The normalized spacial score (nSPS) is 17.1. The van der Waals surface area contributed by atoms with E-state index in [1.54, 1.807) is 36.1 Å². The Balaban J connectivity index is 1.47. The number of amides is 2. The summed E-state index contributed by atoms with van der Waals surface area (Å²) in [7, 11) is 1.51. The highest BCUT2D eigenvalue weighted by molar-refractivity contribution is 6.30. The van der Waals surface area contributed by atoms with Gasteiger partial charge in [0.05, 0.1) is 12.1 Å². The highest BCUT2D eigenvalue weighted by Crippen LogP contribution is 2.23. The van der Waals surface area contributed by atoms with Gasteiger partial charge in [-0.15, -0.1) is 0 Å². The van der Waals surface area contributed by atoms with Crippen LogP contribution >= 0.6 is 11.6 Å². The first-order valence-electron chi connectivity index (χ1n) is 10.9. The van der Waals surface area contributed by atoms with Gasteiger partial charge in [-0.05, 0) is 42.8 Å². The predicted molar refractivity (Wildman–Crippen MR) is 128 cm³/mol. The zero-order valence-electron chi connectivity index (χ0n) is 19.0. The lowest BCUT2D eigenvalue weighted by atomic mass is 10.1. The van der Waals surface area contributed by atoms with E-state index in [-0.39, 0.29) is 18.4 Å². The number of hydrogen-bond donors (Lipinski definition) is 1. The minimum Gasteiger partial charge on any atom is -0.481 e. The lowest BCUT2D eigenvalue weighted by molar-refractivity contribution is -0.157. The molecule has 2 heterocycles. The molecule has 2 atom stereocenters. The number of aromatic nitrogens is 2. The molecule has 3 aromatic rings. The predicted octanol–water partition coefficient (Wildman–Crippen LogP) is 2.52. The Morgan fingerprint density at radius 1 is 1.24 bits per heavy atom. The molecule has 0 spiro atoms. The summed E-state index contributed by atoms with van der Waals surface area (Å²) in [5.41, 5.74) is 7.53. The number of carbonyl (C=O) groups excluding carboxylic acids is 2. The molecule has 1 saturated heterocycles. The number of nitrogens with two attached hydrogens (primary N) is 1. The summed E-state index contributed by atoms with van der Waals surface area (Å²) in [5, 5.41) is 1.28. The lowest BCUT2D eigenvalue weighted by Gasteiger charge is -2.41. The first-order chi connectivity index (χ1) is 16.4. The monoisotopic (exact) mass is 483 g/mol. The van der Waals surface area contributed by atoms with E-state index >= 15 is 0 Å². The number of anilines is 1. The van der Waals surface area contributed by atoms with Crippen LogP contribution in [0, 0.1) is 0 Å². The van der Waals surface area contributed by atoms with Crippen molar-refractivity contribution < 1.29 is 19.1 Å². The summed E-state index contributed by atoms with van der Waals surface area (Å²) < 4.78 is 11.1. The van der Waals surface area contributed by atoms with E-state index in [1.807, 2.05) is 18.2 Å². The van der Waals surface area contributed by atoms with Crippen molar-refractivity contribution in [2.45, 2.75) is 25.6 Å². The SMILES string of the molecule is COC[C@H]1C(=O)N(Cc2ccc3c(N)ncnc3c2)CCN1C(=O)C(C)Oc1cccc(Cl)c1. The summed E-state index contributed by atoms with van der Waals surface area (Å²) in [6.07, 6.45) is 0.626. The van der Waals surface area contributed by atoms with Gasteiger partial charge in [0.15, 0.2) is 6.10 Å². The third kappa shape index (κ3) is 5.05. The summed E-state index contributed by atoms with van der Waals surface area (Å²) in [5.74, 6) is 0.433. The molecule has 2 aromatic carbocycles. The van der Waals surface area contributed by atoms with Crippen LogP contribution in [-0.2, 0) is 20.9 Å². The Hall–Kier alpha value is -3.43. The molecule has 0 radical (unpaired) electrons. The fourth-order valence-corrected chi connectivity index (χ4v) is 4.23. The van der Waals surface area contributed by atoms with Crippen LogP contribution in [0.3, 0.4) is 0 Å². The van der Waals surface area contributed by atoms with Crippen molar-refractivity contribution in [1.82, 2.24) is 19.8 Å². The number of methoxy groups -OCH3 is 1. The molecule has 1 unspecified atom stereocenters. The van der Waals surface area contributed by atoms with Gasteiger partial charge in [0.1, 0.15) is 23.9 Å². The van der Waals surface area contributed by atoms with Crippen LogP contribution in [0.5, 0.6) is 5.75 Å². The molecule has 9 nitrogen and oxygen atoms in total. The number of nitrogen functional groups attached to an aromatic ring is 1. The highest BCUT2D eigenvalue weighted by atomic mass is 35.5. The molecule has 34 heavy (non-hydrogen) atoms. The molecule has 2 amide bonds. The maximum atomic E-state index is 13.3. The van der Waals surface area contributed by atoms with Crippen LogP contribution in [0.25, 0.3) is 10.9 Å². The van der Waals surface area contributed by atoms with Gasteiger partial charge in [0.2, 0.25) is 5.91 Å². The number of carbonyl (C=O) groups is 2. The van der Waals surface area contributed by atoms with Crippen LogP contribution in [0.4, 0.5) is 5.82 Å². The van der Waals surface area contributed by atoms with Crippen LogP contribution in [0.2, 0.25) is 5.02 Å². The fraction of sp³-hybridized carbons (Fsp3) is 0.333. The molecule has 0 saturated carbocycles. The summed E-state index contributed by atoms with van der Waals surface area (Å²) >= 11 is 6.01. The van der Waals surface area contributed by atoms with Crippen molar-refractivity contribution in [3.8, 4) is 5.75 Å². The largest absolute Gasteiger partial charge is 0.481 e. The van der Waals surface area contributed by atoms with Crippen molar-refractivity contribution in [2.24, 2.45) is 0 Å². The Labute approximate surface area is 202 Å². The number of nitrogens with zero attached hydrogens (tertiary/aromatic N) is 4. The smallest absolute Gasteiger partial charge is 0.264 e. The Morgan fingerprint density at radius 3 is 2.82 bits per heavy atom. The molecular formula is C24H26ClN5O4. The molecule has 1 aliphatic rings. The molecule has 10 heteroatoms. The molecule has 178 valence electrons. The Bertz CT molecular complexity index is 1210. The minimum atomic E-state index is -0.789. The maximum Gasteiger partial charge on any atom is 0.264 e. The van der Waals surface area contributed by atoms with Crippen molar-refractivity contribution >= 4 is 40.1 Å². The van der Waals surface area contributed by atoms with E-state index in [2.05, 4.69) is 9.97 Å². The number of rotatable bonds is 7. The minimum absolute atomic E-state index is 0.0897. The molecule has 1 aliphatic heterocycles. The van der Waals surface area contributed by atoms with Crippen molar-refractivity contribution in [3.63, 3.8) is 0 Å². The van der Waals surface area contributed by atoms with Gasteiger partial charge >= 0.3 is 0 Å². The molecule has 1 aromatic heterocycles. The first-order valence-corrected chi connectivity index (χ1v) is 11.2. The van der Waals surface area contributed by atoms with E-state index < -0.39 is 12.1 Å². The van der Waals surface area contributed by atoms with Crippen LogP contribution < -0.4 is 10.5 Å². The molecule has 2 N–H and O–H groups in total. The quantitative estimate of drug-likeness (QED) is 0.549. The van der Waals surface area contributed by atoms with Crippen LogP contribution in [-0.4, -0.2) is 70.5 Å². The fourth-order valence-electron chi connectivity index (χ4n) is 4.05. The molecule has 0 bridgehead atoms. The maximum absolute atomic E-state index is 13.3. The topological polar surface area (TPSA) is 111 Å². The standard InChI is InChI=1S/C24H26ClN5O4/c1-15(34-18-5-3-4-17(25)11-18)23(31)30-9-8-29(24(32)21(30)13-33-2)12-16-6-7-19-20(10-16)27-14-28-22(19)26/h3-7,10-11,14-15,21H,8-9,12-13H2,1-2H3,(H2,26,27,28)/t15?,21-/m0/s1. The second kappa shape index (κ2) is 10.2. The van der Waals surface area contributed by atoms with Crippen LogP contribution in [0.1, 0.15) is 12.5 Å². The third-order valence-electron chi connectivity index (χ3n) is 5.75. The first kappa shape index (κ1) is 23.7. The molecule has 1 fully saturated rings. The van der Waals surface area contributed by atoms with Gasteiger partial charge in [-0.2, -0.15) is 0 Å². The summed E-state index contributed by atoms with van der Waals surface area (Å²) in [6, 6.07) is 11.8. The number of piperazine rings is 1. The van der Waals surface area contributed by atoms with Gasteiger partial charge in [0, 0.05) is 37.2 Å². The second-order valence-corrected chi connectivity index (χ2v) is 8.53. The van der Waals surface area contributed by atoms with Gasteiger partial charge < -0.3 is 25.0 Å². The van der Waals surface area contributed by atoms with E-state index in [0.717, 1.165) is 10.9 Å². The van der Waals surface area contributed by atoms with Gasteiger partial charge in [-0.3, -0.25) is 9.59 Å². The number of fused-ring (bicyclic) bond motifs is 1.